The summed E-state index contributed by atoms with van der Waals surface area (Å²) in [4.78, 5) is 4.60. The molecule has 0 saturated heterocycles. The molecule has 1 N–H and O–H groups in total. The molecule has 0 radical (unpaired) electrons. The minimum atomic E-state index is 0.0938. The third-order valence-corrected chi connectivity index (χ3v) is 5.14. The van der Waals surface area contributed by atoms with E-state index in [1.54, 1.807) is 23.1 Å². The van der Waals surface area contributed by atoms with Crippen LogP contribution in [0.3, 0.4) is 0 Å². The van der Waals surface area contributed by atoms with Gasteiger partial charge in [-0.1, -0.05) is 48.2 Å². The van der Waals surface area contributed by atoms with Crippen LogP contribution in [0.2, 0.25) is 0 Å². The van der Waals surface area contributed by atoms with Gasteiger partial charge in [-0.25, -0.2) is 4.98 Å². The fourth-order valence-corrected chi connectivity index (χ4v) is 4.01. The Morgan fingerprint density at radius 1 is 1.00 bits per heavy atom. The van der Waals surface area contributed by atoms with Crippen molar-refractivity contribution in [2.24, 2.45) is 0 Å². The van der Waals surface area contributed by atoms with E-state index in [2.05, 4.69) is 17.1 Å². The second kappa shape index (κ2) is 5.74. The molecule has 4 heteroatoms. The molecule has 1 aromatic heterocycles. The normalized spacial score (nSPS) is 11.0. The van der Waals surface area contributed by atoms with Crippen molar-refractivity contribution in [2.75, 3.05) is 0 Å². The zero-order chi connectivity index (χ0) is 13.1. The van der Waals surface area contributed by atoms with Gasteiger partial charge in [0.15, 0.2) is 4.34 Å². The van der Waals surface area contributed by atoms with Crippen LogP contribution < -0.4 is 0 Å². The monoisotopic (exact) mass is 287 g/mol. The number of thioether (sulfide) groups is 1. The van der Waals surface area contributed by atoms with Crippen molar-refractivity contribution in [3.63, 3.8) is 0 Å². The molecule has 0 atom stereocenters. The second-order valence-electron chi connectivity index (χ2n) is 4.16. The number of benzene rings is 2. The number of hydrogen-bond donors (Lipinski definition) is 1. The van der Waals surface area contributed by atoms with Crippen LogP contribution >= 0.6 is 23.1 Å². The van der Waals surface area contributed by atoms with E-state index in [-0.39, 0.29) is 6.61 Å². The van der Waals surface area contributed by atoms with Crippen molar-refractivity contribution < 1.29 is 5.11 Å². The molecule has 96 valence electrons. The maximum atomic E-state index is 9.31. The Bertz CT molecular complexity index is 660. The number of nitrogens with zero attached hydrogens (tertiary/aromatic N) is 1. The van der Waals surface area contributed by atoms with Crippen molar-refractivity contribution in [1.82, 2.24) is 4.98 Å². The van der Waals surface area contributed by atoms with E-state index in [4.69, 9.17) is 0 Å². The van der Waals surface area contributed by atoms with Crippen LogP contribution in [0.15, 0.2) is 52.9 Å². The maximum Gasteiger partial charge on any atom is 0.151 e. The first-order valence-electron chi connectivity index (χ1n) is 6.03. The summed E-state index contributed by atoms with van der Waals surface area (Å²) < 4.78 is 2.30. The molecular weight excluding hydrogens is 274 g/mol. The van der Waals surface area contributed by atoms with Gasteiger partial charge in [-0.2, -0.15) is 0 Å². The quantitative estimate of drug-likeness (QED) is 0.734. The lowest BCUT2D eigenvalue weighted by molar-refractivity contribution is 0.281. The maximum absolute atomic E-state index is 9.31. The number of fused-ring (bicyclic) bond motifs is 1. The van der Waals surface area contributed by atoms with Crippen LogP contribution in [0.25, 0.3) is 10.2 Å². The SMILES string of the molecule is OCc1ccccc1CSc1nc2ccccc2s1. The molecule has 0 amide bonds. The number of para-hydroxylation sites is 1. The standard InChI is InChI=1S/C15H13NOS2/c17-9-11-5-1-2-6-12(11)10-18-15-16-13-7-3-4-8-14(13)19-15/h1-8,17H,9-10H2. The van der Waals surface area contributed by atoms with Gasteiger partial charge in [0, 0.05) is 5.75 Å². The molecule has 3 aromatic rings. The van der Waals surface area contributed by atoms with Crippen LogP contribution in [-0.4, -0.2) is 10.1 Å². The van der Waals surface area contributed by atoms with Gasteiger partial charge in [-0.15, -0.1) is 11.3 Å². The highest BCUT2D eigenvalue weighted by molar-refractivity contribution is 8.00. The lowest BCUT2D eigenvalue weighted by Gasteiger charge is -2.04. The van der Waals surface area contributed by atoms with Crippen LogP contribution in [-0.2, 0) is 12.4 Å². The third kappa shape index (κ3) is 2.81. The highest BCUT2D eigenvalue weighted by atomic mass is 32.2. The zero-order valence-electron chi connectivity index (χ0n) is 10.2. The van der Waals surface area contributed by atoms with E-state index in [0.29, 0.717) is 0 Å². The smallest absolute Gasteiger partial charge is 0.151 e. The van der Waals surface area contributed by atoms with Gasteiger partial charge in [-0.05, 0) is 23.3 Å². The van der Waals surface area contributed by atoms with E-state index in [9.17, 15) is 5.11 Å². The summed E-state index contributed by atoms with van der Waals surface area (Å²) in [6.45, 7) is 0.0938. The zero-order valence-corrected chi connectivity index (χ0v) is 11.9. The second-order valence-corrected chi connectivity index (χ2v) is 6.42. The first-order chi connectivity index (χ1) is 9.36. The van der Waals surface area contributed by atoms with Gasteiger partial charge >= 0.3 is 0 Å². The number of rotatable bonds is 4. The van der Waals surface area contributed by atoms with Gasteiger partial charge in [0.25, 0.3) is 0 Å². The average Bonchev–Trinajstić information content (AvgIpc) is 2.88. The molecular formula is C15H13NOS2. The molecule has 0 aliphatic carbocycles. The number of aromatic nitrogens is 1. The summed E-state index contributed by atoms with van der Waals surface area (Å²) >= 11 is 3.44. The Hall–Kier alpha value is -1.36. The number of thiazole rings is 1. The Morgan fingerprint density at radius 3 is 2.53 bits per heavy atom. The predicted octanol–water partition coefficient (Wildman–Crippen LogP) is 4.08. The van der Waals surface area contributed by atoms with E-state index >= 15 is 0 Å². The van der Waals surface area contributed by atoms with Crippen molar-refractivity contribution in [3.05, 3.63) is 59.7 Å². The third-order valence-electron chi connectivity index (χ3n) is 2.91. The van der Waals surface area contributed by atoms with E-state index in [1.807, 2.05) is 36.4 Å². The number of aliphatic hydroxyl groups is 1. The molecule has 0 spiro atoms. The summed E-state index contributed by atoms with van der Waals surface area (Å²) in [6.07, 6.45) is 0. The Kier molecular flexibility index (Phi) is 3.82. The molecule has 1 heterocycles. The lowest BCUT2D eigenvalue weighted by atomic mass is 10.1. The van der Waals surface area contributed by atoms with Gasteiger partial charge in [0.2, 0.25) is 0 Å². The Morgan fingerprint density at radius 2 is 1.74 bits per heavy atom. The molecule has 19 heavy (non-hydrogen) atoms. The van der Waals surface area contributed by atoms with Crippen LogP contribution in [0.5, 0.6) is 0 Å². The summed E-state index contributed by atoms with van der Waals surface area (Å²) in [6, 6.07) is 16.2. The van der Waals surface area contributed by atoms with Gasteiger partial charge < -0.3 is 5.11 Å². The van der Waals surface area contributed by atoms with Crippen LogP contribution in [0.1, 0.15) is 11.1 Å². The largest absolute Gasteiger partial charge is 0.392 e. The van der Waals surface area contributed by atoms with E-state index in [0.717, 1.165) is 21.2 Å². The summed E-state index contributed by atoms with van der Waals surface area (Å²) in [5, 5.41) is 9.31. The molecule has 2 nitrogen and oxygen atoms in total. The van der Waals surface area contributed by atoms with Gasteiger partial charge in [0.05, 0.1) is 16.8 Å². The van der Waals surface area contributed by atoms with Crippen LogP contribution in [0, 0.1) is 0 Å². The molecule has 2 aromatic carbocycles. The first kappa shape index (κ1) is 12.7. The van der Waals surface area contributed by atoms with Crippen molar-refractivity contribution in [3.8, 4) is 0 Å². The molecule has 0 fully saturated rings. The minimum absolute atomic E-state index is 0.0938. The number of hydrogen-bond acceptors (Lipinski definition) is 4. The van der Waals surface area contributed by atoms with Gasteiger partial charge in [-0.3, -0.25) is 0 Å². The Labute approximate surface area is 120 Å². The van der Waals surface area contributed by atoms with E-state index < -0.39 is 0 Å². The van der Waals surface area contributed by atoms with Crippen molar-refractivity contribution in [1.29, 1.82) is 0 Å². The molecule has 0 bridgehead atoms. The van der Waals surface area contributed by atoms with Crippen molar-refractivity contribution in [2.45, 2.75) is 16.7 Å². The highest BCUT2D eigenvalue weighted by Gasteiger charge is 2.06. The first-order valence-corrected chi connectivity index (χ1v) is 7.83. The summed E-state index contributed by atoms with van der Waals surface area (Å²) in [7, 11) is 0. The minimum Gasteiger partial charge on any atom is -0.392 e. The van der Waals surface area contributed by atoms with Gasteiger partial charge in [0.1, 0.15) is 0 Å². The lowest BCUT2D eigenvalue weighted by Crippen LogP contribution is -1.91. The number of aliphatic hydroxyl groups excluding tert-OH is 1. The van der Waals surface area contributed by atoms with E-state index in [1.165, 1.54) is 10.3 Å². The molecule has 0 aliphatic rings. The van der Waals surface area contributed by atoms with Crippen LogP contribution in [0.4, 0.5) is 0 Å². The molecule has 0 saturated carbocycles. The summed E-state index contributed by atoms with van der Waals surface area (Å²) in [5.41, 5.74) is 3.23. The molecule has 0 unspecified atom stereocenters. The highest BCUT2D eigenvalue weighted by Crippen LogP contribution is 2.31. The molecule has 3 rings (SSSR count). The average molecular weight is 287 g/mol. The Balaban J connectivity index is 1.78. The topological polar surface area (TPSA) is 33.1 Å². The fourth-order valence-electron chi connectivity index (χ4n) is 1.90. The van der Waals surface area contributed by atoms with Crippen molar-refractivity contribution >= 4 is 33.3 Å². The fraction of sp³-hybridized carbons (Fsp3) is 0.133. The summed E-state index contributed by atoms with van der Waals surface area (Å²) in [5.74, 6) is 0.844. The molecule has 0 aliphatic heterocycles. The predicted molar refractivity (Wildman–Crippen MR) is 81.5 cm³/mol.